The van der Waals surface area contributed by atoms with Crippen LogP contribution >= 0.6 is 11.3 Å². The maximum Gasteiger partial charge on any atom is 1.00 e. The Kier molecular flexibility index (Phi) is 6.13. The minimum atomic E-state index is -2.11. The van der Waals surface area contributed by atoms with Gasteiger partial charge in [0, 0.05) is 12.0 Å². The van der Waals surface area contributed by atoms with Crippen LogP contribution in [-0.2, 0) is 15.8 Å². The van der Waals surface area contributed by atoms with Crippen molar-refractivity contribution in [3.63, 3.8) is 0 Å². The number of ether oxygens (including phenoxy) is 1. The van der Waals surface area contributed by atoms with Gasteiger partial charge in [0.15, 0.2) is 0 Å². The zero-order valence-corrected chi connectivity index (χ0v) is 9.41. The quantitative estimate of drug-likeness (QED) is 0.462. The van der Waals surface area contributed by atoms with Gasteiger partial charge in [-0.25, -0.2) is 0 Å². The SMILES string of the molecule is COC(C)c1ccc(S(=O)[O-])s1.[Li+]. The third kappa shape index (κ3) is 3.54. The van der Waals surface area contributed by atoms with Crippen LogP contribution in [0.5, 0.6) is 0 Å². The van der Waals surface area contributed by atoms with Crippen LogP contribution in [0.2, 0.25) is 0 Å². The normalized spacial score (nSPS) is 14.7. The first-order chi connectivity index (χ1) is 5.65. The molecule has 13 heavy (non-hydrogen) atoms. The second-order valence-corrected chi connectivity index (χ2v) is 4.55. The number of hydrogen-bond acceptors (Lipinski definition) is 4. The number of hydrogen-bond donors (Lipinski definition) is 0. The minimum absolute atomic E-state index is 0. The molecule has 0 aromatic carbocycles. The van der Waals surface area contributed by atoms with Gasteiger partial charge >= 0.3 is 18.9 Å². The molecule has 6 heteroatoms. The fraction of sp³-hybridized carbons (Fsp3) is 0.429. The Labute approximate surface area is 96.0 Å². The summed E-state index contributed by atoms with van der Waals surface area (Å²) in [5, 5.41) is 0. The number of rotatable bonds is 3. The molecule has 0 aliphatic rings. The van der Waals surface area contributed by atoms with E-state index >= 15 is 0 Å². The van der Waals surface area contributed by atoms with Crippen LogP contribution < -0.4 is 18.9 Å². The van der Waals surface area contributed by atoms with Crippen molar-refractivity contribution in [2.24, 2.45) is 0 Å². The third-order valence-electron chi connectivity index (χ3n) is 1.52. The molecule has 0 aliphatic heterocycles. The van der Waals surface area contributed by atoms with E-state index in [2.05, 4.69) is 0 Å². The molecule has 0 saturated carbocycles. The van der Waals surface area contributed by atoms with Crippen LogP contribution in [0.25, 0.3) is 0 Å². The average molecular weight is 212 g/mol. The molecular formula is C7H9LiO3S2. The second kappa shape index (κ2) is 5.97. The van der Waals surface area contributed by atoms with Gasteiger partial charge in [0.2, 0.25) is 0 Å². The molecule has 0 saturated heterocycles. The van der Waals surface area contributed by atoms with Crippen LogP contribution in [0.3, 0.4) is 0 Å². The molecule has 0 aliphatic carbocycles. The van der Waals surface area contributed by atoms with E-state index in [0.717, 1.165) is 4.88 Å². The van der Waals surface area contributed by atoms with Crippen LogP contribution in [0.15, 0.2) is 16.3 Å². The van der Waals surface area contributed by atoms with Crippen LogP contribution in [-0.4, -0.2) is 15.9 Å². The molecule has 1 aromatic rings. The molecule has 1 rings (SSSR count). The van der Waals surface area contributed by atoms with Gasteiger partial charge in [0.1, 0.15) is 0 Å². The first-order valence-electron chi connectivity index (χ1n) is 3.37. The maximum absolute atomic E-state index is 10.5. The Bertz CT molecular complexity index is 287. The fourth-order valence-corrected chi connectivity index (χ4v) is 2.27. The van der Waals surface area contributed by atoms with Crippen molar-refractivity contribution >= 4 is 22.4 Å². The molecule has 0 radical (unpaired) electrons. The number of thiophene rings is 1. The largest absolute Gasteiger partial charge is 1.00 e. The number of methoxy groups -OCH3 is 1. The van der Waals surface area contributed by atoms with Crippen molar-refractivity contribution in [3.8, 4) is 0 Å². The van der Waals surface area contributed by atoms with Gasteiger partial charge in [-0.3, -0.25) is 4.21 Å². The monoisotopic (exact) mass is 212 g/mol. The van der Waals surface area contributed by atoms with Gasteiger partial charge < -0.3 is 9.29 Å². The van der Waals surface area contributed by atoms with E-state index in [-0.39, 0.29) is 25.0 Å². The molecule has 2 atom stereocenters. The van der Waals surface area contributed by atoms with Crippen molar-refractivity contribution in [2.75, 3.05) is 7.11 Å². The summed E-state index contributed by atoms with van der Waals surface area (Å²) in [7, 11) is 1.60. The Morgan fingerprint density at radius 3 is 2.62 bits per heavy atom. The van der Waals surface area contributed by atoms with E-state index in [1.54, 1.807) is 19.2 Å². The summed E-state index contributed by atoms with van der Waals surface area (Å²) in [6, 6.07) is 3.35. The molecule has 0 amide bonds. The van der Waals surface area contributed by atoms with E-state index in [0.29, 0.717) is 4.21 Å². The van der Waals surface area contributed by atoms with Crippen molar-refractivity contribution in [3.05, 3.63) is 17.0 Å². The first kappa shape index (κ1) is 13.4. The molecule has 0 bridgehead atoms. The standard InChI is InChI=1S/C7H10O3S2.Li/c1-5(10-2)6-3-4-7(11-6)12(8)9;/h3-5H,1-2H3,(H,8,9);/q;+1/p-1. The average Bonchev–Trinajstić information content (AvgIpc) is 2.51. The molecule has 0 spiro atoms. The van der Waals surface area contributed by atoms with E-state index in [1.807, 2.05) is 6.92 Å². The predicted molar refractivity (Wildman–Crippen MR) is 46.9 cm³/mol. The van der Waals surface area contributed by atoms with Crippen LogP contribution in [0, 0.1) is 0 Å². The van der Waals surface area contributed by atoms with Gasteiger partial charge in [-0.15, -0.1) is 11.3 Å². The summed E-state index contributed by atoms with van der Waals surface area (Å²) in [6.07, 6.45) is -0.0349. The zero-order chi connectivity index (χ0) is 9.14. The third-order valence-corrected chi connectivity index (χ3v) is 3.68. The molecule has 2 unspecified atom stereocenters. The Balaban J connectivity index is 0.00000144. The van der Waals surface area contributed by atoms with E-state index in [4.69, 9.17) is 4.74 Å². The summed E-state index contributed by atoms with van der Waals surface area (Å²) < 4.78 is 26.4. The van der Waals surface area contributed by atoms with Gasteiger partial charge in [0.05, 0.1) is 10.3 Å². The van der Waals surface area contributed by atoms with Crippen LogP contribution in [0.4, 0.5) is 0 Å². The molecular weight excluding hydrogens is 203 g/mol. The minimum Gasteiger partial charge on any atom is -0.768 e. The fourth-order valence-electron chi connectivity index (χ4n) is 0.759. The Hall–Kier alpha value is 0.367. The summed E-state index contributed by atoms with van der Waals surface area (Å²) in [5.41, 5.74) is 0. The second-order valence-electron chi connectivity index (χ2n) is 2.27. The molecule has 68 valence electrons. The smallest absolute Gasteiger partial charge is 0.768 e. The van der Waals surface area contributed by atoms with Crippen molar-refractivity contribution < 1.29 is 32.4 Å². The summed E-state index contributed by atoms with van der Waals surface area (Å²) in [6.45, 7) is 1.88. The van der Waals surface area contributed by atoms with Crippen molar-refractivity contribution in [1.29, 1.82) is 0 Å². The zero-order valence-electron chi connectivity index (χ0n) is 7.77. The van der Waals surface area contributed by atoms with Gasteiger partial charge in [0.25, 0.3) is 0 Å². The summed E-state index contributed by atoms with van der Waals surface area (Å²) in [5.74, 6) is 0. The topological polar surface area (TPSA) is 49.4 Å². The molecule has 3 nitrogen and oxygen atoms in total. The molecule has 1 heterocycles. The van der Waals surface area contributed by atoms with E-state index < -0.39 is 11.1 Å². The van der Waals surface area contributed by atoms with Gasteiger partial charge in [-0.2, -0.15) is 0 Å². The Morgan fingerprint density at radius 2 is 2.23 bits per heavy atom. The van der Waals surface area contributed by atoms with Crippen LogP contribution in [0.1, 0.15) is 17.9 Å². The van der Waals surface area contributed by atoms with Crippen molar-refractivity contribution in [1.82, 2.24) is 0 Å². The first-order valence-corrected chi connectivity index (χ1v) is 5.26. The maximum atomic E-state index is 10.5. The van der Waals surface area contributed by atoms with Gasteiger partial charge in [-0.1, -0.05) is 0 Å². The van der Waals surface area contributed by atoms with Gasteiger partial charge in [-0.05, 0) is 30.1 Å². The summed E-state index contributed by atoms with van der Waals surface area (Å²) in [4.78, 5) is 0.928. The molecule has 0 N–H and O–H groups in total. The molecule has 0 fully saturated rings. The predicted octanol–water partition coefficient (Wildman–Crippen LogP) is -1.30. The Morgan fingerprint density at radius 1 is 1.62 bits per heavy atom. The van der Waals surface area contributed by atoms with Crippen molar-refractivity contribution in [2.45, 2.75) is 17.2 Å². The van der Waals surface area contributed by atoms with E-state index in [1.165, 1.54) is 11.3 Å². The summed E-state index contributed by atoms with van der Waals surface area (Å²) >= 11 is -0.878. The molecule has 1 aromatic heterocycles. The van der Waals surface area contributed by atoms with E-state index in [9.17, 15) is 8.76 Å².